The maximum Gasteiger partial charge on any atom is 0.224 e. The van der Waals surface area contributed by atoms with Crippen LogP contribution in [0.1, 0.15) is 32.1 Å². The molecule has 2 rings (SSSR count). The first-order chi connectivity index (χ1) is 6.84. The lowest BCUT2D eigenvalue weighted by atomic mass is 10.0. The Labute approximate surface area is 88.3 Å². The molecule has 0 spiro atoms. The first-order valence-corrected chi connectivity index (χ1v) is 6.11. The Kier molecular flexibility index (Phi) is 3.19. The van der Waals surface area contributed by atoms with Gasteiger partial charge < -0.3 is 5.32 Å². The molecule has 3 heteroatoms. The minimum absolute atomic E-state index is 0.176. The number of carbonyl (C=O) groups is 1. The van der Waals surface area contributed by atoms with Gasteiger partial charge in [-0.2, -0.15) is 11.3 Å². The monoisotopic (exact) mass is 209 g/mol. The van der Waals surface area contributed by atoms with Crippen LogP contribution in [0.25, 0.3) is 0 Å². The average Bonchev–Trinajstić information content (AvgIpc) is 2.76. The van der Waals surface area contributed by atoms with E-state index in [1.54, 1.807) is 11.3 Å². The van der Waals surface area contributed by atoms with Crippen molar-refractivity contribution in [2.45, 2.75) is 32.1 Å². The minimum Gasteiger partial charge on any atom is -0.325 e. The van der Waals surface area contributed by atoms with E-state index in [0.717, 1.165) is 5.69 Å². The zero-order valence-electron chi connectivity index (χ0n) is 8.16. The van der Waals surface area contributed by atoms with Crippen LogP contribution >= 0.6 is 11.3 Å². The molecule has 1 amide bonds. The number of nitrogens with one attached hydrogen (secondary N) is 1. The van der Waals surface area contributed by atoms with E-state index in [-0.39, 0.29) is 5.91 Å². The minimum atomic E-state index is 0.176. The molecular weight excluding hydrogens is 194 g/mol. The van der Waals surface area contributed by atoms with Crippen LogP contribution in [0.2, 0.25) is 0 Å². The quantitative estimate of drug-likeness (QED) is 0.813. The third-order valence-corrected chi connectivity index (χ3v) is 3.44. The molecule has 1 aliphatic carbocycles. The van der Waals surface area contributed by atoms with Crippen molar-refractivity contribution < 1.29 is 4.79 Å². The lowest BCUT2D eigenvalue weighted by Crippen LogP contribution is -2.14. The van der Waals surface area contributed by atoms with Crippen molar-refractivity contribution in [2.24, 2.45) is 5.92 Å². The summed E-state index contributed by atoms with van der Waals surface area (Å²) < 4.78 is 0. The van der Waals surface area contributed by atoms with Gasteiger partial charge in [-0.25, -0.2) is 0 Å². The predicted octanol–water partition coefficient (Wildman–Crippen LogP) is 3.27. The zero-order chi connectivity index (χ0) is 9.80. The normalized spacial score (nSPS) is 17.1. The first-order valence-electron chi connectivity index (χ1n) is 5.16. The molecule has 1 fully saturated rings. The summed E-state index contributed by atoms with van der Waals surface area (Å²) in [6.45, 7) is 0. The van der Waals surface area contributed by atoms with E-state index in [9.17, 15) is 4.79 Å². The predicted molar refractivity (Wildman–Crippen MR) is 59.5 cm³/mol. The average molecular weight is 209 g/mol. The second-order valence-electron chi connectivity index (χ2n) is 3.91. The summed E-state index contributed by atoms with van der Waals surface area (Å²) in [5, 5.41) is 6.86. The number of thiophene rings is 1. The number of hydrogen-bond donors (Lipinski definition) is 1. The van der Waals surface area contributed by atoms with Gasteiger partial charge in [-0.1, -0.05) is 12.8 Å². The topological polar surface area (TPSA) is 29.1 Å². The molecule has 0 aromatic carbocycles. The molecule has 0 radical (unpaired) electrons. The van der Waals surface area contributed by atoms with Crippen molar-refractivity contribution in [3.63, 3.8) is 0 Å². The Morgan fingerprint density at radius 1 is 1.50 bits per heavy atom. The van der Waals surface area contributed by atoms with Gasteiger partial charge in [0.25, 0.3) is 0 Å². The summed E-state index contributed by atoms with van der Waals surface area (Å²) in [5.74, 6) is 0.809. The lowest BCUT2D eigenvalue weighted by molar-refractivity contribution is -0.117. The van der Waals surface area contributed by atoms with Crippen LogP contribution < -0.4 is 5.32 Å². The summed E-state index contributed by atoms with van der Waals surface area (Å²) in [4.78, 5) is 11.6. The largest absolute Gasteiger partial charge is 0.325 e. The van der Waals surface area contributed by atoms with Crippen LogP contribution in [0.15, 0.2) is 16.8 Å². The van der Waals surface area contributed by atoms with E-state index in [0.29, 0.717) is 12.3 Å². The van der Waals surface area contributed by atoms with Crippen molar-refractivity contribution >= 4 is 22.9 Å². The van der Waals surface area contributed by atoms with E-state index in [4.69, 9.17) is 0 Å². The Morgan fingerprint density at radius 3 is 2.93 bits per heavy atom. The van der Waals surface area contributed by atoms with Crippen molar-refractivity contribution in [1.29, 1.82) is 0 Å². The third-order valence-electron chi connectivity index (χ3n) is 2.75. The van der Waals surface area contributed by atoms with Gasteiger partial charge in [-0.15, -0.1) is 0 Å². The van der Waals surface area contributed by atoms with Crippen LogP contribution in [-0.4, -0.2) is 5.91 Å². The van der Waals surface area contributed by atoms with Gasteiger partial charge in [0, 0.05) is 11.8 Å². The molecule has 2 nitrogen and oxygen atoms in total. The molecule has 0 atom stereocenters. The molecule has 0 aliphatic heterocycles. The molecule has 1 aliphatic rings. The number of amides is 1. The van der Waals surface area contributed by atoms with Gasteiger partial charge in [-0.05, 0) is 30.2 Å². The Hall–Kier alpha value is -0.830. The van der Waals surface area contributed by atoms with Gasteiger partial charge >= 0.3 is 0 Å². The molecule has 0 bridgehead atoms. The second kappa shape index (κ2) is 4.60. The maximum atomic E-state index is 11.6. The van der Waals surface area contributed by atoms with Gasteiger partial charge in [0.2, 0.25) is 5.91 Å². The SMILES string of the molecule is O=C(CC1CCCC1)Nc1ccsc1. The van der Waals surface area contributed by atoms with E-state index in [1.165, 1.54) is 25.7 Å². The molecule has 1 saturated carbocycles. The highest BCUT2D eigenvalue weighted by Crippen LogP contribution is 2.27. The van der Waals surface area contributed by atoms with Crippen LogP contribution in [0.5, 0.6) is 0 Å². The second-order valence-corrected chi connectivity index (χ2v) is 4.69. The Morgan fingerprint density at radius 2 is 2.29 bits per heavy atom. The smallest absolute Gasteiger partial charge is 0.224 e. The zero-order valence-corrected chi connectivity index (χ0v) is 8.98. The van der Waals surface area contributed by atoms with E-state index in [1.807, 2.05) is 16.8 Å². The first kappa shape index (κ1) is 9.71. The van der Waals surface area contributed by atoms with E-state index >= 15 is 0 Å². The number of carbonyl (C=O) groups excluding carboxylic acids is 1. The third kappa shape index (κ3) is 2.58. The summed E-state index contributed by atoms with van der Waals surface area (Å²) in [7, 11) is 0. The standard InChI is InChI=1S/C11H15NOS/c13-11(7-9-3-1-2-4-9)12-10-5-6-14-8-10/h5-6,8-9H,1-4,7H2,(H,12,13). The Balaban J connectivity index is 1.78. The Bertz CT molecular complexity index is 288. The summed E-state index contributed by atoms with van der Waals surface area (Å²) in [5.41, 5.74) is 0.943. The van der Waals surface area contributed by atoms with Gasteiger partial charge in [-0.3, -0.25) is 4.79 Å². The molecule has 1 aromatic rings. The van der Waals surface area contributed by atoms with Crippen molar-refractivity contribution in [1.82, 2.24) is 0 Å². The molecule has 1 heterocycles. The fourth-order valence-corrected chi connectivity index (χ4v) is 2.61. The number of hydrogen-bond acceptors (Lipinski definition) is 2. The van der Waals surface area contributed by atoms with Gasteiger partial charge in [0.1, 0.15) is 0 Å². The summed E-state index contributed by atoms with van der Waals surface area (Å²) in [6, 6.07) is 1.94. The fourth-order valence-electron chi connectivity index (χ4n) is 2.02. The van der Waals surface area contributed by atoms with Crippen LogP contribution in [-0.2, 0) is 4.79 Å². The molecule has 1 N–H and O–H groups in total. The number of anilines is 1. The van der Waals surface area contributed by atoms with Crippen LogP contribution in [0.3, 0.4) is 0 Å². The number of rotatable bonds is 3. The molecule has 76 valence electrons. The van der Waals surface area contributed by atoms with Crippen LogP contribution in [0, 0.1) is 5.92 Å². The highest BCUT2D eigenvalue weighted by molar-refractivity contribution is 7.08. The van der Waals surface area contributed by atoms with Crippen LogP contribution in [0.4, 0.5) is 5.69 Å². The van der Waals surface area contributed by atoms with Gasteiger partial charge in [0.15, 0.2) is 0 Å². The summed E-state index contributed by atoms with van der Waals surface area (Å²) >= 11 is 1.61. The van der Waals surface area contributed by atoms with Crippen molar-refractivity contribution in [3.8, 4) is 0 Å². The highest BCUT2D eigenvalue weighted by atomic mass is 32.1. The van der Waals surface area contributed by atoms with Crippen molar-refractivity contribution in [3.05, 3.63) is 16.8 Å². The fraction of sp³-hybridized carbons (Fsp3) is 0.545. The maximum absolute atomic E-state index is 11.6. The molecule has 0 unspecified atom stereocenters. The molecule has 1 aromatic heterocycles. The molecular formula is C11H15NOS. The summed E-state index contributed by atoms with van der Waals surface area (Å²) in [6.07, 6.45) is 5.77. The molecule has 0 saturated heterocycles. The lowest BCUT2D eigenvalue weighted by Gasteiger charge is -2.07. The van der Waals surface area contributed by atoms with E-state index in [2.05, 4.69) is 5.32 Å². The van der Waals surface area contributed by atoms with Crippen molar-refractivity contribution in [2.75, 3.05) is 5.32 Å². The van der Waals surface area contributed by atoms with E-state index < -0.39 is 0 Å². The van der Waals surface area contributed by atoms with Gasteiger partial charge in [0.05, 0.1) is 5.69 Å². The molecule has 14 heavy (non-hydrogen) atoms. The highest BCUT2D eigenvalue weighted by Gasteiger charge is 2.18.